The number of carbonyl (C=O) groups is 2. The van der Waals surface area contributed by atoms with Gasteiger partial charge >= 0.3 is 5.97 Å². The first-order chi connectivity index (χ1) is 9.63. The normalized spacial score (nSPS) is 11.7. The second-order valence-corrected chi connectivity index (χ2v) is 4.95. The van der Waals surface area contributed by atoms with Gasteiger partial charge in [0.25, 0.3) is 0 Å². The van der Waals surface area contributed by atoms with E-state index in [1.807, 2.05) is 18.2 Å². The van der Waals surface area contributed by atoms with E-state index >= 15 is 0 Å². The molecule has 6 heteroatoms. The highest BCUT2D eigenvalue weighted by Gasteiger charge is 2.20. The smallest absolute Gasteiger partial charge is 0.350 e. The minimum atomic E-state index is -0.790. The van der Waals surface area contributed by atoms with Crippen LogP contribution in [0.5, 0.6) is 0 Å². The van der Waals surface area contributed by atoms with Crippen molar-refractivity contribution in [3.63, 3.8) is 0 Å². The zero-order valence-corrected chi connectivity index (χ0v) is 11.6. The van der Waals surface area contributed by atoms with Crippen molar-refractivity contribution in [2.75, 3.05) is 12.4 Å². The molecular weight excluding hydrogens is 276 g/mol. The third kappa shape index (κ3) is 3.04. The van der Waals surface area contributed by atoms with Crippen LogP contribution < -0.4 is 11.1 Å². The van der Waals surface area contributed by atoms with Crippen LogP contribution in [0, 0.1) is 0 Å². The summed E-state index contributed by atoms with van der Waals surface area (Å²) >= 11 is 1.20. The number of thiophene rings is 1. The van der Waals surface area contributed by atoms with E-state index in [4.69, 9.17) is 5.73 Å². The Bertz CT molecular complexity index is 610. The molecule has 3 N–H and O–H groups in total. The van der Waals surface area contributed by atoms with Crippen LogP contribution in [-0.4, -0.2) is 19.0 Å². The van der Waals surface area contributed by atoms with Crippen LogP contribution in [0.15, 0.2) is 41.8 Å². The maximum absolute atomic E-state index is 12.1. The number of amides is 1. The molecule has 0 saturated heterocycles. The molecule has 0 spiro atoms. The molecule has 1 aromatic heterocycles. The van der Waals surface area contributed by atoms with Crippen LogP contribution in [0.4, 0.5) is 5.69 Å². The zero-order valence-electron chi connectivity index (χ0n) is 10.8. The summed E-state index contributed by atoms with van der Waals surface area (Å²) in [6.45, 7) is 0. The van der Waals surface area contributed by atoms with Crippen LogP contribution >= 0.6 is 11.3 Å². The van der Waals surface area contributed by atoms with Gasteiger partial charge < -0.3 is 15.8 Å². The summed E-state index contributed by atoms with van der Waals surface area (Å²) in [5.41, 5.74) is 7.01. The number of rotatable bonds is 4. The number of methoxy groups -OCH3 is 1. The second kappa shape index (κ2) is 6.31. The number of carbonyl (C=O) groups excluding carboxylic acids is 2. The highest BCUT2D eigenvalue weighted by Crippen LogP contribution is 2.24. The lowest BCUT2D eigenvalue weighted by Gasteiger charge is -2.12. The summed E-state index contributed by atoms with van der Waals surface area (Å²) in [6.07, 6.45) is 0. The third-order valence-electron chi connectivity index (χ3n) is 2.74. The summed E-state index contributed by atoms with van der Waals surface area (Å²) < 4.78 is 4.65. The van der Waals surface area contributed by atoms with Crippen molar-refractivity contribution in [3.05, 3.63) is 52.2 Å². The van der Waals surface area contributed by atoms with E-state index in [-0.39, 0.29) is 5.91 Å². The fraction of sp³-hybridized carbons (Fsp3) is 0.143. The SMILES string of the molecule is COC(=O)c1sccc1NC(=O)[C@H](N)c1ccccc1. The van der Waals surface area contributed by atoms with Gasteiger partial charge in [0.1, 0.15) is 10.9 Å². The molecule has 104 valence electrons. The number of nitrogens with two attached hydrogens (primary N) is 1. The van der Waals surface area contributed by atoms with Crippen molar-refractivity contribution < 1.29 is 14.3 Å². The monoisotopic (exact) mass is 290 g/mol. The maximum atomic E-state index is 12.1. The van der Waals surface area contributed by atoms with Crippen LogP contribution in [0.2, 0.25) is 0 Å². The summed E-state index contributed by atoms with van der Waals surface area (Å²) in [5.74, 6) is -0.858. The highest BCUT2D eigenvalue weighted by molar-refractivity contribution is 7.12. The molecule has 0 radical (unpaired) electrons. The van der Waals surface area contributed by atoms with E-state index in [1.165, 1.54) is 18.4 Å². The number of nitrogens with one attached hydrogen (secondary N) is 1. The molecular formula is C14H14N2O3S. The van der Waals surface area contributed by atoms with Crippen molar-refractivity contribution in [1.82, 2.24) is 0 Å². The first-order valence-electron chi connectivity index (χ1n) is 5.90. The zero-order chi connectivity index (χ0) is 14.5. The Morgan fingerprint density at radius 2 is 1.95 bits per heavy atom. The maximum Gasteiger partial charge on any atom is 0.350 e. The van der Waals surface area contributed by atoms with Crippen molar-refractivity contribution in [2.24, 2.45) is 5.73 Å². The first-order valence-corrected chi connectivity index (χ1v) is 6.78. The third-order valence-corrected chi connectivity index (χ3v) is 3.63. The van der Waals surface area contributed by atoms with Gasteiger partial charge in [-0.2, -0.15) is 0 Å². The number of ether oxygens (including phenoxy) is 1. The quantitative estimate of drug-likeness (QED) is 0.846. The average molecular weight is 290 g/mol. The molecule has 20 heavy (non-hydrogen) atoms. The van der Waals surface area contributed by atoms with Crippen molar-refractivity contribution in [1.29, 1.82) is 0 Å². The van der Waals surface area contributed by atoms with Crippen molar-refractivity contribution >= 4 is 28.9 Å². The molecule has 1 amide bonds. The standard InChI is InChI=1S/C14H14N2O3S/c1-19-14(18)12-10(7-8-20-12)16-13(17)11(15)9-5-3-2-4-6-9/h2-8,11H,15H2,1H3,(H,16,17)/t11-/m1/s1. The summed E-state index contributed by atoms with van der Waals surface area (Å²) in [6, 6.07) is 9.88. The molecule has 2 aromatic rings. The van der Waals surface area contributed by atoms with Crippen LogP contribution in [0.1, 0.15) is 21.3 Å². The predicted octanol–water partition coefficient (Wildman–Crippen LogP) is 2.17. The molecule has 0 aliphatic rings. The second-order valence-electron chi connectivity index (χ2n) is 4.03. The summed E-state index contributed by atoms with van der Waals surface area (Å²) in [5, 5.41) is 4.35. The van der Waals surface area contributed by atoms with Crippen LogP contribution in [0.3, 0.4) is 0 Å². The van der Waals surface area contributed by atoms with E-state index in [1.54, 1.807) is 23.6 Å². The Kier molecular flexibility index (Phi) is 4.49. The number of hydrogen-bond donors (Lipinski definition) is 2. The molecule has 0 aliphatic heterocycles. The molecule has 5 nitrogen and oxygen atoms in total. The Labute approximate surface area is 120 Å². The van der Waals surface area contributed by atoms with E-state index in [0.717, 1.165) is 0 Å². The highest BCUT2D eigenvalue weighted by atomic mass is 32.1. The predicted molar refractivity (Wildman–Crippen MR) is 77.7 cm³/mol. The fourth-order valence-electron chi connectivity index (χ4n) is 1.68. The molecule has 0 unspecified atom stereocenters. The van der Waals surface area contributed by atoms with Gasteiger partial charge in [-0.25, -0.2) is 4.79 Å². The Morgan fingerprint density at radius 1 is 1.25 bits per heavy atom. The number of esters is 1. The van der Waals surface area contributed by atoms with Gasteiger partial charge in [-0.3, -0.25) is 4.79 Å². The molecule has 0 saturated carbocycles. The minimum Gasteiger partial charge on any atom is -0.465 e. The largest absolute Gasteiger partial charge is 0.465 e. The van der Waals surface area contributed by atoms with Crippen LogP contribution in [-0.2, 0) is 9.53 Å². The van der Waals surface area contributed by atoms with Crippen LogP contribution in [0.25, 0.3) is 0 Å². The first kappa shape index (κ1) is 14.2. The summed E-state index contributed by atoms with van der Waals surface area (Å²) in [7, 11) is 1.29. The lowest BCUT2D eigenvalue weighted by Crippen LogP contribution is -2.28. The van der Waals surface area contributed by atoms with Gasteiger partial charge in [0.2, 0.25) is 5.91 Å². The lowest BCUT2D eigenvalue weighted by atomic mass is 10.1. The van der Waals surface area contributed by atoms with Gasteiger partial charge in [0.15, 0.2) is 0 Å². The van der Waals surface area contributed by atoms with Crippen molar-refractivity contribution in [2.45, 2.75) is 6.04 Å². The fourth-order valence-corrected chi connectivity index (χ4v) is 2.45. The number of benzene rings is 1. The lowest BCUT2D eigenvalue weighted by molar-refractivity contribution is -0.117. The molecule has 2 rings (SSSR count). The molecule has 0 bridgehead atoms. The Hall–Kier alpha value is -2.18. The van der Waals surface area contributed by atoms with Gasteiger partial charge in [0.05, 0.1) is 12.8 Å². The van der Waals surface area contributed by atoms with Gasteiger partial charge in [-0.1, -0.05) is 30.3 Å². The van der Waals surface area contributed by atoms with Crippen molar-refractivity contribution in [3.8, 4) is 0 Å². The van der Waals surface area contributed by atoms with Gasteiger partial charge in [-0.15, -0.1) is 11.3 Å². The summed E-state index contributed by atoms with van der Waals surface area (Å²) in [4.78, 5) is 24.0. The molecule has 1 heterocycles. The minimum absolute atomic E-state index is 0.348. The number of hydrogen-bond acceptors (Lipinski definition) is 5. The Morgan fingerprint density at radius 3 is 2.60 bits per heavy atom. The van der Waals surface area contributed by atoms with E-state index < -0.39 is 12.0 Å². The molecule has 0 fully saturated rings. The molecule has 0 aliphatic carbocycles. The Balaban J connectivity index is 2.13. The molecule has 1 atom stereocenters. The van der Waals surface area contributed by atoms with E-state index in [0.29, 0.717) is 16.1 Å². The van der Waals surface area contributed by atoms with Gasteiger partial charge in [0, 0.05) is 0 Å². The topological polar surface area (TPSA) is 81.4 Å². The van der Waals surface area contributed by atoms with E-state index in [9.17, 15) is 9.59 Å². The van der Waals surface area contributed by atoms with E-state index in [2.05, 4.69) is 10.1 Å². The number of anilines is 1. The molecule has 1 aromatic carbocycles. The average Bonchev–Trinajstić information content (AvgIpc) is 2.94. The van der Waals surface area contributed by atoms with Gasteiger partial charge in [-0.05, 0) is 17.0 Å².